The fourth-order valence-electron chi connectivity index (χ4n) is 2.63. The average molecular weight is 362 g/mol. The number of pyridine rings is 1. The van der Waals surface area contributed by atoms with Crippen LogP contribution >= 0.6 is 15.9 Å². The van der Waals surface area contributed by atoms with Crippen molar-refractivity contribution in [2.24, 2.45) is 11.8 Å². The highest BCUT2D eigenvalue weighted by Gasteiger charge is 2.25. The van der Waals surface area contributed by atoms with Crippen LogP contribution in [0.1, 0.15) is 26.2 Å². The lowest BCUT2D eigenvalue weighted by molar-refractivity contribution is 0.498. The zero-order valence-electron chi connectivity index (χ0n) is 11.7. The molecule has 1 saturated carbocycles. The summed E-state index contributed by atoms with van der Waals surface area (Å²) < 4.78 is 28.1. The fourth-order valence-corrected chi connectivity index (χ4v) is 4.41. The van der Waals surface area contributed by atoms with Crippen LogP contribution in [0.4, 0.5) is 5.82 Å². The van der Waals surface area contributed by atoms with E-state index in [0.29, 0.717) is 28.7 Å². The van der Waals surface area contributed by atoms with E-state index < -0.39 is 10.0 Å². The third-order valence-electron chi connectivity index (χ3n) is 3.71. The van der Waals surface area contributed by atoms with Crippen molar-refractivity contribution in [2.45, 2.75) is 31.1 Å². The Morgan fingerprint density at radius 1 is 1.45 bits per heavy atom. The normalized spacial score (nSPS) is 22.9. The molecular formula is C13H20BrN3O2S. The summed E-state index contributed by atoms with van der Waals surface area (Å²) in [4.78, 5) is 4.26. The summed E-state index contributed by atoms with van der Waals surface area (Å²) in [6.45, 7) is 2.72. The topological polar surface area (TPSA) is 71.1 Å². The van der Waals surface area contributed by atoms with Gasteiger partial charge < -0.3 is 5.32 Å². The lowest BCUT2D eigenvalue weighted by Gasteiger charge is -2.14. The molecule has 0 aromatic carbocycles. The second-order valence-corrected chi connectivity index (χ2v) is 8.04. The number of halogens is 1. The number of nitrogens with zero attached hydrogens (tertiary/aromatic N) is 1. The molecule has 7 heteroatoms. The largest absolute Gasteiger partial charge is 0.372 e. The van der Waals surface area contributed by atoms with Crippen molar-refractivity contribution in [3.05, 3.63) is 16.7 Å². The summed E-state index contributed by atoms with van der Waals surface area (Å²) in [5, 5.41) is 2.81. The lowest BCUT2D eigenvalue weighted by atomic mass is 10.1. The Morgan fingerprint density at radius 3 is 2.80 bits per heavy atom. The zero-order valence-corrected chi connectivity index (χ0v) is 14.1. The molecule has 2 atom stereocenters. The van der Waals surface area contributed by atoms with Gasteiger partial charge in [0.2, 0.25) is 10.0 Å². The van der Waals surface area contributed by atoms with Gasteiger partial charge in [0.05, 0.1) is 0 Å². The first kappa shape index (κ1) is 15.7. The van der Waals surface area contributed by atoms with Crippen LogP contribution in [0.15, 0.2) is 21.6 Å². The Labute approximate surface area is 128 Å². The number of hydrogen-bond acceptors (Lipinski definition) is 4. The summed E-state index contributed by atoms with van der Waals surface area (Å²) in [6, 6.07) is 1.57. The molecular weight excluding hydrogens is 342 g/mol. The molecule has 2 unspecified atom stereocenters. The quantitative estimate of drug-likeness (QED) is 0.845. The van der Waals surface area contributed by atoms with Gasteiger partial charge in [0.1, 0.15) is 10.7 Å². The van der Waals surface area contributed by atoms with Crippen molar-refractivity contribution in [1.82, 2.24) is 9.71 Å². The second-order valence-electron chi connectivity index (χ2n) is 5.39. The number of aromatic nitrogens is 1. The highest BCUT2D eigenvalue weighted by Crippen LogP contribution is 2.30. The lowest BCUT2D eigenvalue weighted by Crippen LogP contribution is -2.29. The Morgan fingerprint density at radius 2 is 2.20 bits per heavy atom. The maximum absolute atomic E-state index is 12.4. The van der Waals surface area contributed by atoms with E-state index in [2.05, 4.69) is 37.9 Å². The number of nitrogens with one attached hydrogen (secondary N) is 2. The van der Waals surface area contributed by atoms with Crippen LogP contribution in [0.2, 0.25) is 0 Å². The Hall–Kier alpha value is -0.660. The minimum atomic E-state index is -3.54. The van der Waals surface area contributed by atoms with Crippen molar-refractivity contribution >= 4 is 31.8 Å². The van der Waals surface area contributed by atoms with E-state index in [-0.39, 0.29) is 4.90 Å². The van der Waals surface area contributed by atoms with Crippen LogP contribution in [0.25, 0.3) is 0 Å². The Kier molecular flexibility index (Phi) is 5.04. The molecule has 1 aliphatic rings. The van der Waals surface area contributed by atoms with E-state index >= 15 is 0 Å². The van der Waals surface area contributed by atoms with Crippen molar-refractivity contribution < 1.29 is 8.42 Å². The van der Waals surface area contributed by atoms with Gasteiger partial charge in [-0.05, 0) is 46.7 Å². The van der Waals surface area contributed by atoms with Gasteiger partial charge in [-0.1, -0.05) is 13.3 Å². The van der Waals surface area contributed by atoms with E-state index in [1.165, 1.54) is 6.42 Å². The van der Waals surface area contributed by atoms with E-state index in [1.54, 1.807) is 19.3 Å². The summed E-state index contributed by atoms with van der Waals surface area (Å²) in [5.41, 5.74) is 0. The number of hydrogen-bond donors (Lipinski definition) is 2. The third-order valence-corrected chi connectivity index (χ3v) is 5.58. The van der Waals surface area contributed by atoms with Gasteiger partial charge >= 0.3 is 0 Å². The van der Waals surface area contributed by atoms with E-state index in [1.807, 2.05) is 0 Å². The molecule has 0 bridgehead atoms. The first-order chi connectivity index (χ1) is 9.42. The van der Waals surface area contributed by atoms with Gasteiger partial charge in [-0.2, -0.15) is 0 Å². The molecule has 0 aliphatic heterocycles. The number of anilines is 1. The first-order valence-corrected chi connectivity index (χ1v) is 9.03. The molecule has 1 aromatic heterocycles. The summed E-state index contributed by atoms with van der Waals surface area (Å²) in [7, 11) is -1.87. The van der Waals surface area contributed by atoms with Gasteiger partial charge in [0, 0.05) is 24.3 Å². The van der Waals surface area contributed by atoms with Crippen molar-refractivity contribution in [1.29, 1.82) is 0 Å². The maximum Gasteiger partial charge on any atom is 0.244 e. The van der Waals surface area contributed by atoms with Crippen LogP contribution in [0.5, 0.6) is 0 Å². The van der Waals surface area contributed by atoms with Crippen LogP contribution < -0.4 is 10.0 Å². The monoisotopic (exact) mass is 361 g/mol. The smallest absolute Gasteiger partial charge is 0.244 e. The third kappa shape index (κ3) is 3.71. The first-order valence-electron chi connectivity index (χ1n) is 6.75. The summed E-state index contributed by atoms with van der Waals surface area (Å²) in [6.07, 6.45) is 4.95. The molecule has 1 heterocycles. The van der Waals surface area contributed by atoms with Crippen LogP contribution in [-0.2, 0) is 10.0 Å². The fraction of sp³-hybridized carbons (Fsp3) is 0.615. The van der Waals surface area contributed by atoms with E-state index in [9.17, 15) is 8.42 Å². The minimum absolute atomic E-state index is 0.181. The molecule has 112 valence electrons. The summed E-state index contributed by atoms with van der Waals surface area (Å²) >= 11 is 3.26. The highest BCUT2D eigenvalue weighted by molar-refractivity contribution is 9.10. The van der Waals surface area contributed by atoms with Gasteiger partial charge in [0.15, 0.2) is 0 Å². The Bertz CT molecular complexity index is 577. The molecule has 1 fully saturated rings. The van der Waals surface area contributed by atoms with Crippen LogP contribution in [0, 0.1) is 11.8 Å². The van der Waals surface area contributed by atoms with E-state index in [4.69, 9.17) is 0 Å². The van der Waals surface area contributed by atoms with E-state index in [0.717, 1.165) is 12.8 Å². The molecule has 1 aromatic rings. The molecule has 2 rings (SSSR count). The molecule has 20 heavy (non-hydrogen) atoms. The second kappa shape index (κ2) is 6.41. The van der Waals surface area contributed by atoms with Gasteiger partial charge in [0.25, 0.3) is 0 Å². The predicted molar refractivity (Wildman–Crippen MR) is 83.2 cm³/mol. The molecule has 1 aliphatic carbocycles. The maximum atomic E-state index is 12.4. The molecule has 0 spiro atoms. The predicted octanol–water partition coefficient (Wildman–Crippen LogP) is 2.60. The van der Waals surface area contributed by atoms with Crippen LogP contribution in [-0.4, -0.2) is 27.0 Å². The highest BCUT2D eigenvalue weighted by atomic mass is 79.9. The van der Waals surface area contributed by atoms with Gasteiger partial charge in [-0.25, -0.2) is 18.1 Å². The molecule has 5 nitrogen and oxygen atoms in total. The van der Waals surface area contributed by atoms with Crippen molar-refractivity contribution in [2.75, 3.05) is 18.9 Å². The van der Waals surface area contributed by atoms with Gasteiger partial charge in [-0.15, -0.1) is 0 Å². The number of rotatable bonds is 5. The molecule has 0 radical (unpaired) electrons. The van der Waals surface area contributed by atoms with Crippen molar-refractivity contribution in [3.63, 3.8) is 0 Å². The number of sulfonamides is 1. The minimum Gasteiger partial charge on any atom is -0.372 e. The van der Waals surface area contributed by atoms with Gasteiger partial charge in [-0.3, -0.25) is 0 Å². The van der Waals surface area contributed by atoms with Crippen molar-refractivity contribution in [3.8, 4) is 0 Å². The average Bonchev–Trinajstić information content (AvgIpc) is 2.82. The zero-order chi connectivity index (χ0) is 14.8. The molecule has 2 N–H and O–H groups in total. The van der Waals surface area contributed by atoms with Crippen LogP contribution in [0.3, 0.4) is 0 Å². The standard InChI is InChI=1S/C13H20BrN3O2S/c1-9-3-4-10(5-9)7-17-20(18,19)12-6-11(14)8-16-13(12)15-2/h6,8-10,17H,3-5,7H2,1-2H3,(H,15,16). The molecule has 0 saturated heterocycles. The molecule has 0 amide bonds. The summed E-state index contributed by atoms with van der Waals surface area (Å²) in [5.74, 6) is 1.50. The Balaban J connectivity index is 2.12. The SMILES string of the molecule is CNc1ncc(Br)cc1S(=O)(=O)NCC1CCC(C)C1.